The van der Waals surface area contributed by atoms with E-state index in [9.17, 15) is 4.79 Å². The third kappa shape index (κ3) is 2.57. The summed E-state index contributed by atoms with van der Waals surface area (Å²) >= 11 is 0. The minimum atomic E-state index is 0.255. The summed E-state index contributed by atoms with van der Waals surface area (Å²) in [6.45, 7) is 3.77. The molecule has 0 spiro atoms. The highest BCUT2D eigenvalue weighted by molar-refractivity contribution is 6.01. The van der Waals surface area contributed by atoms with Gasteiger partial charge in [-0.15, -0.1) is 0 Å². The number of rotatable bonds is 2. The number of fused-ring (bicyclic) bond motifs is 1. The number of Topliss-reactive ketones (excluding diaryl/α,β-unsaturated/α-hetero) is 1. The molecule has 1 aliphatic rings. The Morgan fingerprint density at radius 1 is 1.25 bits per heavy atom. The Morgan fingerprint density at radius 2 is 2.10 bits per heavy atom. The van der Waals surface area contributed by atoms with Crippen molar-refractivity contribution >= 4 is 11.5 Å². The minimum absolute atomic E-state index is 0.255. The van der Waals surface area contributed by atoms with E-state index in [2.05, 4.69) is 22.9 Å². The molecule has 3 heteroatoms. The zero-order valence-corrected chi connectivity index (χ0v) is 11.7. The lowest BCUT2D eigenvalue weighted by molar-refractivity contribution is 0.0984. The minimum Gasteiger partial charge on any atom is -0.367 e. The molecule has 0 radical (unpaired) electrons. The van der Waals surface area contributed by atoms with Crippen molar-refractivity contribution in [3.8, 4) is 0 Å². The maximum absolute atomic E-state index is 12.1. The standard InChI is InChI=1S/C17H18N2O/c1-13-9-14(11-18-10-13)12-19-8-4-7-17(20)15-5-2-3-6-16(15)19/h2-3,5-6,9-11H,4,7-8,12H2,1H3. The molecule has 1 aliphatic heterocycles. The molecule has 1 aromatic heterocycles. The number of para-hydroxylation sites is 1. The molecule has 0 atom stereocenters. The number of hydrogen-bond donors (Lipinski definition) is 0. The fourth-order valence-corrected chi connectivity index (χ4v) is 2.76. The van der Waals surface area contributed by atoms with Crippen LogP contribution in [-0.4, -0.2) is 17.3 Å². The number of nitrogens with zero attached hydrogens (tertiary/aromatic N) is 2. The summed E-state index contributed by atoms with van der Waals surface area (Å²) in [7, 11) is 0. The smallest absolute Gasteiger partial charge is 0.165 e. The van der Waals surface area contributed by atoms with E-state index < -0.39 is 0 Å². The van der Waals surface area contributed by atoms with Crippen molar-refractivity contribution in [3.63, 3.8) is 0 Å². The number of aromatic nitrogens is 1. The molecule has 3 rings (SSSR count). The average molecular weight is 266 g/mol. The van der Waals surface area contributed by atoms with E-state index in [1.54, 1.807) is 0 Å². The van der Waals surface area contributed by atoms with Crippen LogP contribution in [0.15, 0.2) is 42.7 Å². The molecule has 0 bridgehead atoms. The molecular formula is C17H18N2O. The van der Waals surface area contributed by atoms with Crippen LogP contribution in [-0.2, 0) is 6.54 Å². The Labute approximate surface area is 119 Å². The molecule has 1 aromatic carbocycles. The number of benzene rings is 1. The number of carbonyl (C=O) groups is 1. The lowest BCUT2D eigenvalue weighted by Crippen LogP contribution is -2.23. The third-order valence-electron chi connectivity index (χ3n) is 3.68. The van der Waals surface area contributed by atoms with Gasteiger partial charge in [0.15, 0.2) is 5.78 Å². The number of aryl methyl sites for hydroxylation is 1. The topological polar surface area (TPSA) is 33.2 Å². The Hall–Kier alpha value is -2.16. The van der Waals surface area contributed by atoms with Crippen LogP contribution in [0.4, 0.5) is 5.69 Å². The fraction of sp³-hybridized carbons (Fsp3) is 0.294. The van der Waals surface area contributed by atoms with E-state index in [0.717, 1.165) is 30.8 Å². The Kier molecular flexibility index (Phi) is 3.50. The molecule has 2 aromatic rings. The van der Waals surface area contributed by atoms with Gasteiger partial charge in [0.25, 0.3) is 0 Å². The molecule has 102 valence electrons. The van der Waals surface area contributed by atoms with Gasteiger partial charge >= 0.3 is 0 Å². The molecule has 3 nitrogen and oxygen atoms in total. The summed E-state index contributed by atoms with van der Waals surface area (Å²) in [5, 5.41) is 0. The zero-order valence-electron chi connectivity index (χ0n) is 11.7. The van der Waals surface area contributed by atoms with Gasteiger partial charge in [0.05, 0.1) is 0 Å². The maximum atomic E-state index is 12.1. The summed E-state index contributed by atoms with van der Waals surface area (Å²) in [6, 6.07) is 10.1. The van der Waals surface area contributed by atoms with Crippen LogP contribution in [0.5, 0.6) is 0 Å². The summed E-state index contributed by atoms with van der Waals surface area (Å²) in [4.78, 5) is 18.7. The van der Waals surface area contributed by atoms with Gasteiger partial charge in [-0.1, -0.05) is 18.2 Å². The van der Waals surface area contributed by atoms with Crippen LogP contribution in [0.2, 0.25) is 0 Å². The van der Waals surface area contributed by atoms with Gasteiger partial charge in [0, 0.05) is 43.2 Å². The number of anilines is 1. The van der Waals surface area contributed by atoms with Crippen molar-refractivity contribution in [2.45, 2.75) is 26.3 Å². The van der Waals surface area contributed by atoms with E-state index in [4.69, 9.17) is 0 Å². The molecule has 0 saturated carbocycles. The highest BCUT2D eigenvalue weighted by atomic mass is 16.1. The van der Waals surface area contributed by atoms with Crippen LogP contribution in [0.1, 0.15) is 34.3 Å². The SMILES string of the molecule is Cc1cncc(CN2CCCC(=O)c3ccccc32)c1. The van der Waals surface area contributed by atoms with E-state index >= 15 is 0 Å². The van der Waals surface area contributed by atoms with Gasteiger partial charge in [-0.05, 0) is 36.6 Å². The van der Waals surface area contributed by atoms with Crippen molar-refractivity contribution in [3.05, 3.63) is 59.4 Å². The Bertz CT molecular complexity index is 636. The first-order valence-electron chi connectivity index (χ1n) is 7.02. The van der Waals surface area contributed by atoms with Gasteiger partial charge < -0.3 is 4.90 Å². The van der Waals surface area contributed by atoms with Crippen molar-refractivity contribution in [1.29, 1.82) is 0 Å². The lowest BCUT2D eigenvalue weighted by atomic mass is 10.1. The van der Waals surface area contributed by atoms with E-state index in [1.807, 2.05) is 36.7 Å². The Balaban J connectivity index is 1.93. The van der Waals surface area contributed by atoms with Crippen LogP contribution >= 0.6 is 0 Å². The van der Waals surface area contributed by atoms with E-state index in [1.165, 1.54) is 11.1 Å². The van der Waals surface area contributed by atoms with Crippen LogP contribution in [0, 0.1) is 6.92 Å². The number of carbonyl (C=O) groups excluding carboxylic acids is 1. The first-order valence-corrected chi connectivity index (χ1v) is 7.02. The quantitative estimate of drug-likeness (QED) is 0.835. The number of hydrogen-bond acceptors (Lipinski definition) is 3. The normalized spacial score (nSPS) is 14.8. The van der Waals surface area contributed by atoms with Gasteiger partial charge in [-0.2, -0.15) is 0 Å². The van der Waals surface area contributed by atoms with Crippen molar-refractivity contribution in [2.75, 3.05) is 11.4 Å². The summed E-state index contributed by atoms with van der Waals surface area (Å²) < 4.78 is 0. The molecule has 0 amide bonds. The molecule has 20 heavy (non-hydrogen) atoms. The second kappa shape index (κ2) is 5.45. The summed E-state index contributed by atoms with van der Waals surface area (Å²) in [5.41, 5.74) is 4.26. The summed E-state index contributed by atoms with van der Waals surface area (Å²) in [5.74, 6) is 0.255. The maximum Gasteiger partial charge on any atom is 0.165 e. The highest BCUT2D eigenvalue weighted by Crippen LogP contribution is 2.27. The first kappa shape index (κ1) is 12.9. The number of pyridine rings is 1. The number of ketones is 1. The lowest BCUT2D eigenvalue weighted by Gasteiger charge is -2.24. The van der Waals surface area contributed by atoms with Crippen molar-refractivity contribution in [1.82, 2.24) is 4.98 Å². The van der Waals surface area contributed by atoms with Crippen LogP contribution in [0.3, 0.4) is 0 Å². The van der Waals surface area contributed by atoms with E-state index in [-0.39, 0.29) is 5.78 Å². The Morgan fingerprint density at radius 3 is 2.95 bits per heavy atom. The first-order chi connectivity index (χ1) is 9.74. The summed E-state index contributed by atoms with van der Waals surface area (Å²) in [6.07, 6.45) is 5.32. The fourth-order valence-electron chi connectivity index (χ4n) is 2.76. The molecule has 0 N–H and O–H groups in total. The molecule has 0 saturated heterocycles. The van der Waals surface area contributed by atoms with Crippen LogP contribution in [0.25, 0.3) is 0 Å². The van der Waals surface area contributed by atoms with Gasteiger partial charge in [-0.25, -0.2) is 0 Å². The predicted molar refractivity (Wildman–Crippen MR) is 80.0 cm³/mol. The second-order valence-corrected chi connectivity index (χ2v) is 5.34. The predicted octanol–water partition coefficient (Wildman–Crippen LogP) is 3.37. The second-order valence-electron chi connectivity index (χ2n) is 5.34. The van der Waals surface area contributed by atoms with Crippen molar-refractivity contribution in [2.24, 2.45) is 0 Å². The molecule has 0 aliphatic carbocycles. The van der Waals surface area contributed by atoms with Gasteiger partial charge in [-0.3, -0.25) is 9.78 Å². The largest absolute Gasteiger partial charge is 0.367 e. The molecule has 2 heterocycles. The molecular weight excluding hydrogens is 248 g/mol. The van der Waals surface area contributed by atoms with Crippen molar-refractivity contribution < 1.29 is 4.79 Å². The van der Waals surface area contributed by atoms with Crippen LogP contribution < -0.4 is 4.90 Å². The average Bonchev–Trinajstić information content (AvgIpc) is 2.60. The van der Waals surface area contributed by atoms with E-state index in [0.29, 0.717) is 6.42 Å². The molecule has 0 fully saturated rings. The zero-order chi connectivity index (χ0) is 13.9. The third-order valence-corrected chi connectivity index (χ3v) is 3.68. The molecule has 0 unspecified atom stereocenters. The monoisotopic (exact) mass is 266 g/mol. The highest BCUT2D eigenvalue weighted by Gasteiger charge is 2.20. The van der Waals surface area contributed by atoms with Gasteiger partial charge in [0.2, 0.25) is 0 Å². The van der Waals surface area contributed by atoms with Gasteiger partial charge in [0.1, 0.15) is 0 Å².